The van der Waals surface area contributed by atoms with Gasteiger partial charge in [0.05, 0.1) is 0 Å². The Morgan fingerprint density at radius 3 is 2.88 bits per heavy atom. The Hall–Kier alpha value is -2.07. The zero-order valence-electron chi connectivity index (χ0n) is 9.50. The Labute approximate surface area is 99.6 Å². The van der Waals surface area contributed by atoms with Gasteiger partial charge < -0.3 is 14.8 Å². The van der Waals surface area contributed by atoms with Crippen LogP contribution in [0.5, 0.6) is 5.75 Å². The first-order chi connectivity index (χ1) is 8.25. The lowest BCUT2D eigenvalue weighted by molar-refractivity contribution is -0.000448. The van der Waals surface area contributed by atoms with Crippen LogP contribution in [0.1, 0.15) is 18.3 Å². The Morgan fingerprint density at radius 1 is 1.35 bits per heavy atom. The van der Waals surface area contributed by atoms with E-state index in [0.717, 1.165) is 11.4 Å². The average Bonchev–Trinajstić information content (AvgIpc) is 2.80. The highest BCUT2D eigenvalue weighted by molar-refractivity contribution is 5.70. The van der Waals surface area contributed by atoms with Gasteiger partial charge in [-0.1, -0.05) is 18.2 Å². The number of nitrogens with zero attached hydrogens (tertiary/aromatic N) is 1. The summed E-state index contributed by atoms with van der Waals surface area (Å²) in [7, 11) is 0. The molecule has 0 aliphatic rings. The number of aliphatic hydroxyl groups is 1. The third kappa shape index (κ3) is 3.19. The van der Waals surface area contributed by atoms with Crippen molar-refractivity contribution >= 4 is 12.2 Å². The van der Waals surface area contributed by atoms with E-state index in [9.17, 15) is 5.11 Å². The van der Waals surface area contributed by atoms with Crippen LogP contribution in [0.3, 0.4) is 0 Å². The molecule has 1 heterocycles. The molecular weight excluding hydrogens is 216 g/mol. The molecule has 0 aliphatic heterocycles. The minimum absolute atomic E-state index is 0.644. The van der Waals surface area contributed by atoms with Gasteiger partial charge in [-0.05, 0) is 25.1 Å². The van der Waals surface area contributed by atoms with E-state index in [4.69, 9.17) is 4.74 Å². The SMILES string of the molecule is CC(O)Oc1ccccc1/C=C/c1ncc[nH]1. The molecule has 4 nitrogen and oxygen atoms in total. The largest absolute Gasteiger partial charge is 0.465 e. The van der Waals surface area contributed by atoms with Crippen molar-refractivity contribution in [3.05, 3.63) is 48.0 Å². The molecule has 0 radical (unpaired) electrons. The molecule has 1 unspecified atom stereocenters. The summed E-state index contributed by atoms with van der Waals surface area (Å²) in [6.07, 6.45) is 6.37. The van der Waals surface area contributed by atoms with Crippen molar-refractivity contribution in [2.45, 2.75) is 13.2 Å². The summed E-state index contributed by atoms with van der Waals surface area (Å²) >= 11 is 0. The van der Waals surface area contributed by atoms with E-state index in [1.54, 1.807) is 19.3 Å². The predicted molar refractivity (Wildman–Crippen MR) is 66.3 cm³/mol. The maximum absolute atomic E-state index is 9.22. The van der Waals surface area contributed by atoms with Crippen LogP contribution in [-0.2, 0) is 0 Å². The average molecular weight is 230 g/mol. The van der Waals surface area contributed by atoms with E-state index in [0.29, 0.717) is 5.75 Å². The summed E-state index contributed by atoms with van der Waals surface area (Å²) in [6, 6.07) is 7.50. The van der Waals surface area contributed by atoms with Gasteiger partial charge in [0.2, 0.25) is 0 Å². The molecule has 1 aromatic heterocycles. The Bertz CT molecular complexity index is 490. The van der Waals surface area contributed by atoms with E-state index in [2.05, 4.69) is 9.97 Å². The van der Waals surface area contributed by atoms with Gasteiger partial charge in [-0.15, -0.1) is 0 Å². The number of H-pyrrole nitrogens is 1. The van der Waals surface area contributed by atoms with Gasteiger partial charge >= 0.3 is 0 Å². The highest BCUT2D eigenvalue weighted by atomic mass is 16.6. The number of hydrogen-bond donors (Lipinski definition) is 2. The fraction of sp³-hybridized carbons (Fsp3) is 0.154. The lowest BCUT2D eigenvalue weighted by Crippen LogP contribution is -2.10. The first kappa shape index (κ1) is 11.4. The number of aromatic amines is 1. The predicted octanol–water partition coefficient (Wildman–Crippen LogP) is 2.30. The Balaban J connectivity index is 2.20. The second kappa shape index (κ2) is 5.32. The number of ether oxygens (including phenoxy) is 1. The van der Waals surface area contributed by atoms with Gasteiger partial charge in [-0.25, -0.2) is 4.98 Å². The minimum Gasteiger partial charge on any atom is -0.465 e. The standard InChI is InChI=1S/C13H14N2O2/c1-10(16)17-12-5-3-2-4-11(12)6-7-13-14-8-9-15-13/h2-10,16H,1H3,(H,14,15)/b7-6+. The van der Waals surface area contributed by atoms with Crippen LogP contribution in [0.2, 0.25) is 0 Å². The van der Waals surface area contributed by atoms with Crippen LogP contribution < -0.4 is 4.74 Å². The molecule has 4 heteroatoms. The number of rotatable bonds is 4. The number of imidazole rings is 1. The molecule has 0 spiro atoms. The van der Waals surface area contributed by atoms with Crippen LogP contribution in [0.25, 0.3) is 12.2 Å². The molecular formula is C13H14N2O2. The maximum Gasteiger partial charge on any atom is 0.194 e. The van der Waals surface area contributed by atoms with Crippen molar-refractivity contribution < 1.29 is 9.84 Å². The monoisotopic (exact) mass is 230 g/mol. The molecule has 1 aromatic carbocycles. The fourth-order valence-electron chi connectivity index (χ4n) is 1.45. The van der Waals surface area contributed by atoms with Crippen molar-refractivity contribution in [3.63, 3.8) is 0 Å². The third-order valence-electron chi connectivity index (χ3n) is 2.16. The van der Waals surface area contributed by atoms with E-state index >= 15 is 0 Å². The molecule has 0 bridgehead atoms. The highest BCUT2D eigenvalue weighted by Crippen LogP contribution is 2.21. The zero-order chi connectivity index (χ0) is 12.1. The van der Waals surface area contributed by atoms with Crippen LogP contribution in [0.15, 0.2) is 36.7 Å². The topological polar surface area (TPSA) is 58.1 Å². The third-order valence-corrected chi connectivity index (χ3v) is 2.16. The van der Waals surface area contributed by atoms with Gasteiger partial charge in [0.1, 0.15) is 11.6 Å². The molecule has 1 atom stereocenters. The molecule has 2 aromatic rings. The Morgan fingerprint density at radius 2 is 2.18 bits per heavy atom. The number of hydrogen-bond acceptors (Lipinski definition) is 3. The molecule has 0 fully saturated rings. The van der Waals surface area contributed by atoms with Crippen LogP contribution in [0, 0.1) is 0 Å². The van der Waals surface area contributed by atoms with Gasteiger partial charge in [-0.3, -0.25) is 0 Å². The molecule has 0 amide bonds. The van der Waals surface area contributed by atoms with Crippen molar-refractivity contribution in [1.82, 2.24) is 9.97 Å². The van der Waals surface area contributed by atoms with E-state index < -0.39 is 6.29 Å². The molecule has 0 saturated carbocycles. The first-order valence-corrected chi connectivity index (χ1v) is 5.37. The first-order valence-electron chi connectivity index (χ1n) is 5.37. The van der Waals surface area contributed by atoms with Crippen molar-refractivity contribution in [2.24, 2.45) is 0 Å². The van der Waals surface area contributed by atoms with Crippen LogP contribution in [0.4, 0.5) is 0 Å². The van der Waals surface area contributed by atoms with Crippen molar-refractivity contribution in [3.8, 4) is 5.75 Å². The maximum atomic E-state index is 9.22. The fourth-order valence-corrected chi connectivity index (χ4v) is 1.45. The van der Waals surface area contributed by atoms with Gasteiger partial charge in [0, 0.05) is 18.0 Å². The smallest absolute Gasteiger partial charge is 0.194 e. The van der Waals surface area contributed by atoms with E-state index in [1.165, 1.54) is 0 Å². The van der Waals surface area contributed by atoms with Crippen LogP contribution >= 0.6 is 0 Å². The van der Waals surface area contributed by atoms with Crippen LogP contribution in [-0.4, -0.2) is 21.4 Å². The number of aromatic nitrogens is 2. The second-order valence-corrected chi connectivity index (χ2v) is 3.56. The van der Waals surface area contributed by atoms with Crippen molar-refractivity contribution in [1.29, 1.82) is 0 Å². The number of benzene rings is 1. The number of para-hydroxylation sites is 1. The molecule has 0 aliphatic carbocycles. The quantitative estimate of drug-likeness (QED) is 0.792. The summed E-state index contributed by atoms with van der Waals surface area (Å²) in [6.45, 7) is 1.58. The van der Waals surface area contributed by atoms with Gasteiger partial charge in [0.25, 0.3) is 0 Å². The Kier molecular flexibility index (Phi) is 3.57. The molecule has 88 valence electrons. The lowest BCUT2D eigenvalue weighted by atomic mass is 10.2. The van der Waals surface area contributed by atoms with Crippen molar-refractivity contribution in [2.75, 3.05) is 0 Å². The van der Waals surface area contributed by atoms with E-state index in [1.807, 2.05) is 36.4 Å². The summed E-state index contributed by atoms with van der Waals surface area (Å²) in [4.78, 5) is 7.07. The molecule has 2 rings (SSSR count). The molecule has 2 N–H and O–H groups in total. The highest BCUT2D eigenvalue weighted by Gasteiger charge is 2.02. The van der Waals surface area contributed by atoms with Gasteiger partial charge in [0.15, 0.2) is 6.29 Å². The zero-order valence-corrected chi connectivity index (χ0v) is 9.50. The molecule has 17 heavy (non-hydrogen) atoms. The summed E-state index contributed by atoms with van der Waals surface area (Å²) in [5.74, 6) is 1.42. The second-order valence-electron chi connectivity index (χ2n) is 3.56. The normalized spacial score (nSPS) is 12.8. The van der Waals surface area contributed by atoms with E-state index in [-0.39, 0.29) is 0 Å². The minimum atomic E-state index is -0.826. The lowest BCUT2D eigenvalue weighted by Gasteiger charge is -2.10. The summed E-state index contributed by atoms with van der Waals surface area (Å²) in [5, 5.41) is 9.22. The summed E-state index contributed by atoms with van der Waals surface area (Å²) in [5.41, 5.74) is 0.893. The summed E-state index contributed by atoms with van der Waals surface area (Å²) < 4.78 is 5.29. The molecule has 0 saturated heterocycles. The van der Waals surface area contributed by atoms with Gasteiger partial charge in [-0.2, -0.15) is 0 Å². The number of aliphatic hydroxyl groups excluding tert-OH is 1. The number of nitrogens with one attached hydrogen (secondary N) is 1.